The highest BCUT2D eigenvalue weighted by Crippen LogP contribution is 2.48. The van der Waals surface area contributed by atoms with Gasteiger partial charge in [-0.1, -0.05) is 43.3 Å². The molecule has 2 unspecified atom stereocenters. The fourth-order valence-electron chi connectivity index (χ4n) is 5.54. The van der Waals surface area contributed by atoms with E-state index >= 15 is 0 Å². The number of amides is 1. The molecule has 6 heteroatoms. The molecule has 0 aliphatic carbocycles. The van der Waals surface area contributed by atoms with Gasteiger partial charge in [0.1, 0.15) is 29.7 Å². The third-order valence-electron chi connectivity index (χ3n) is 7.48. The van der Waals surface area contributed by atoms with Crippen molar-refractivity contribution in [2.75, 3.05) is 20.7 Å². The van der Waals surface area contributed by atoms with Gasteiger partial charge in [-0.15, -0.1) is 4.59 Å². The molecule has 2 heterocycles. The highest BCUT2D eigenvalue weighted by atomic mass is 19.1. The molecule has 5 nitrogen and oxygen atoms in total. The van der Waals surface area contributed by atoms with E-state index in [2.05, 4.69) is 4.98 Å². The highest BCUT2D eigenvalue weighted by Gasteiger charge is 2.58. The van der Waals surface area contributed by atoms with Crippen molar-refractivity contribution in [3.63, 3.8) is 0 Å². The van der Waals surface area contributed by atoms with Crippen molar-refractivity contribution >= 4 is 11.7 Å². The molecule has 2 atom stereocenters. The number of methoxy groups -OCH3 is 1. The van der Waals surface area contributed by atoms with Crippen LogP contribution in [0.1, 0.15) is 38.3 Å². The second-order valence-corrected chi connectivity index (χ2v) is 9.00. The van der Waals surface area contributed by atoms with Gasteiger partial charge >= 0.3 is 0 Å². The molecule has 1 aromatic heterocycles. The number of hydrogen-bond acceptors (Lipinski definition) is 3. The Labute approximate surface area is 207 Å². The van der Waals surface area contributed by atoms with E-state index in [-0.39, 0.29) is 16.3 Å². The summed E-state index contributed by atoms with van der Waals surface area (Å²) in [5, 5.41) is 1.86. The molecule has 1 aliphatic heterocycles. The highest BCUT2D eigenvalue weighted by molar-refractivity contribution is 5.94. The molecule has 3 aromatic rings. The van der Waals surface area contributed by atoms with E-state index in [0.29, 0.717) is 36.5 Å². The van der Waals surface area contributed by atoms with Crippen molar-refractivity contribution in [3.8, 4) is 5.75 Å². The molecule has 182 valence electrons. The second kappa shape index (κ2) is 9.62. The Morgan fingerprint density at radius 1 is 1.06 bits per heavy atom. The van der Waals surface area contributed by atoms with Crippen molar-refractivity contribution in [3.05, 3.63) is 101 Å². The number of rotatable bonds is 7. The SMILES string of the molecule is CCN1C(=O)C(CC)(c2cccc(OC)c2)C(C)=C(Cc2ccccc2F)[N+]1(C)c1ccccn1. The van der Waals surface area contributed by atoms with Gasteiger partial charge in [0.05, 0.1) is 20.1 Å². The molecule has 4 rings (SSSR count). The molecule has 0 bridgehead atoms. The number of nitrogens with zero attached hydrogens (tertiary/aromatic N) is 3. The van der Waals surface area contributed by atoms with Crippen LogP contribution in [0.4, 0.5) is 10.2 Å². The van der Waals surface area contributed by atoms with Crippen molar-refractivity contribution in [1.82, 2.24) is 14.6 Å². The summed E-state index contributed by atoms with van der Waals surface area (Å²) in [7, 11) is 3.61. The van der Waals surface area contributed by atoms with Crippen LogP contribution in [0.3, 0.4) is 0 Å². The Morgan fingerprint density at radius 3 is 2.43 bits per heavy atom. The van der Waals surface area contributed by atoms with Gasteiger partial charge in [-0.3, -0.25) is 4.79 Å². The Hall–Kier alpha value is -3.51. The summed E-state index contributed by atoms with van der Waals surface area (Å²) in [4.78, 5) is 19.2. The van der Waals surface area contributed by atoms with Crippen molar-refractivity contribution < 1.29 is 13.9 Å². The maximum Gasteiger partial charge on any atom is 0.283 e. The van der Waals surface area contributed by atoms with Crippen LogP contribution < -0.4 is 9.33 Å². The lowest BCUT2D eigenvalue weighted by atomic mass is 9.69. The summed E-state index contributed by atoms with van der Waals surface area (Å²) in [6.45, 7) is 6.49. The van der Waals surface area contributed by atoms with Crippen LogP contribution in [-0.4, -0.2) is 36.6 Å². The van der Waals surface area contributed by atoms with Crippen LogP contribution >= 0.6 is 0 Å². The smallest absolute Gasteiger partial charge is 0.283 e. The number of ether oxygens (including phenoxy) is 1. The standard InChI is InChI=1S/C29H33FN3O2/c1-6-29(23-14-12-15-24(20-23)35-5)21(3)26(19-22-13-8-9-16-25(22)30)33(4,32(7-2)28(29)34)27-17-10-11-18-31-27/h8-18,20H,6-7,19H2,1-5H3/q+1. The summed E-state index contributed by atoms with van der Waals surface area (Å²) in [5.74, 6) is 1.15. The predicted octanol–water partition coefficient (Wildman–Crippen LogP) is 5.81. The zero-order valence-corrected chi connectivity index (χ0v) is 21.1. The number of likely N-dealkylation sites (N-methyl/N-ethyl adjacent to an activating group) is 2. The number of allylic oxidation sites excluding steroid dienone is 1. The average molecular weight is 475 g/mol. The van der Waals surface area contributed by atoms with Crippen molar-refractivity contribution in [2.45, 2.75) is 39.0 Å². The largest absolute Gasteiger partial charge is 0.497 e. The quantitative estimate of drug-likeness (QED) is 0.406. The Bertz CT molecular complexity index is 1260. The van der Waals surface area contributed by atoms with Crippen molar-refractivity contribution in [1.29, 1.82) is 0 Å². The first-order valence-corrected chi connectivity index (χ1v) is 12.0. The van der Waals surface area contributed by atoms with Gasteiger partial charge < -0.3 is 4.74 Å². The fourth-order valence-corrected chi connectivity index (χ4v) is 5.54. The van der Waals surface area contributed by atoms with Crippen LogP contribution in [0.25, 0.3) is 0 Å². The Kier molecular flexibility index (Phi) is 6.77. The summed E-state index contributed by atoms with van der Waals surface area (Å²) in [6.07, 6.45) is 2.64. The molecule has 1 aliphatic rings. The van der Waals surface area contributed by atoms with Crippen LogP contribution in [-0.2, 0) is 16.6 Å². The van der Waals surface area contributed by atoms with Gasteiger partial charge in [0.15, 0.2) is 0 Å². The van der Waals surface area contributed by atoms with Gasteiger partial charge in [-0.2, -0.15) is 5.01 Å². The molecule has 35 heavy (non-hydrogen) atoms. The number of carbonyl (C=O) groups is 1. The first kappa shape index (κ1) is 24.6. The van der Waals surface area contributed by atoms with Gasteiger partial charge in [-0.25, -0.2) is 9.37 Å². The van der Waals surface area contributed by atoms with E-state index in [0.717, 1.165) is 16.8 Å². The molecule has 2 aromatic carbocycles. The first-order valence-electron chi connectivity index (χ1n) is 12.0. The second-order valence-electron chi connectivity index (χ2n) is 9.00. The van der Waals surface area contributed by atoms with E-state index in [4.69, 9.17) is 4.74 Å². The molecule has 0 saturated heterocycles. The van der Waals surface area contributed by atoms with E-state index < -0.39 is 5.41 Å². The summed E-state index contributed by atoms with van der Waals surface area (Å²) in [6, 6.07) is 20.3. The molecular weight excluding hydrogens is 441 g/mol. The summed E-state index contributed by atoms with van der Waals surface area (Å²) in [5.41, 5.74) is 2.40. The van der Waals surface area contributed by atoms with E-state index in [1.54, 1.807) is 19.4 Å². The van der Waals surface area contributed by atoms with Crippen LogP contribution in [0.15, 0.2) is 84.2 Å². The summed E-state index contributed by atoms with van der Waals surface area (Å²) >= 11 is 0. The lowest BCUT2D eigenvalue weighted by Crippen LogP contribution is -2.69. The number of pyridine rings is 1. The third-order valence-corrected chi connectivity index (χ3v) is 7.48. The topological polar surface area (TPSA) is 42.4 Å². The molecule has 0 fully saturated rings. The van der Waals surface area contributed by atoms with Crippen LogP contribution in [0, 0.1) is 5.82 Å². The zero-order valence-electron chi connectivity index (χ0n) is 21.1. The number of benzene rings is 2. The minimum absolute atomic E-state index is 0.00121. The molecular formula is C29H33FN3O2+. The van der Waals surface area contributed by atoms with Crippen LogP contribution in [0.5, 0.6) is 5.75 Å². The lowest BCUT2D eigenvalue weighted by molar-refractivity contribution is -0.151. The summed E-state index contributed by atoms with van der Waals surface area (Å²) < 4.78 is 20.5. The van der Waals surface area contributed by atoms with E-state index in [1.807, 2.05) is 87.4 Å². The number of carbonyl (C=O) groups excluding carboxylic acids is 1. The number of aromatic nitrogens is 1. The molecule has 0 saturated carbocycles. The van der Waals surface area contributed by atoms with Crippen molar-refractivity contribution in [2.24, 2.45) is 0 Å². The van der Waals surface area contributed by atoms with E-state index in [1.165, 1.54) is 6.07 Å². The predicted molar refractivity (Wildman–Crippen MR) is 137 cm³/mol. The minimum Gasteiger partial charge on any atom is -0.497 e. The normalized spacial score (nSPS) is 22.5. The molecule has 0 spiro atoms. The molecule has 1 amide bonds. The third kappa shape index (κ3) is 3.82. The van der Waals surface area contributed by atoms with Gasteiger partial charge in [-0.05, 0) is 55.7 Å². The van der Waals surface area contributed by atoms with E-state index in [9.17, 15) is 9.18 Å². The monoisotopic (exact) mass is 474 g/mol. The Morgan fingerprint density at radius 2 is 1.80 bits per heavy atom. The first-order chi connectivity index (χ1) is 16.8. The molecule has 0 N–H and O–H groups in total. The lowest BCUT2D eigenvalue weighted by Gasteiger charge is -2.51. The number of quaternary nitrogens is 1. The van der Waals surface area contributed by atoms with Gasteiger partial charge in [0.25, 0.3) is 11.7 Å². The van der Waals surface area contributed by atoms with Gasteiger partial charge in [0, 0.05) is 17.8 Å². The average Bonchev–Trinajstić information content (AvgIpc) is 2.89. The maximum absolute atomic E-state index is 14.9. The zero-order chi connectivity index (χ0) is 25.2. The van der Waals surface area contributed by atoms with Crippen LogP contribution in [0.2, 0.25) is 0 Å². The maximum atomic E-state index is 14.9. The fraction of sp³-hybridized carbons (Fsp3) is 0.310. The minimum atomic E-state index is -0.905. The number of halogens is 1. The number of hydrogen-bond donors (Lipinski definition) is 0. The molecule has 0 radical (unpaired) electrons. The Balaban J connectivity index is 2.07. The van der Waals surface area contributed by atoms with Gasteiger partial charge in [0.2, 0.25) is 0 Å².